The van der Waals surface area contributed by atoms with Crippen molar-refractivity contribution < 1.29 is 18.0 Å². The minimum Gasteiger partial charge on any atom is -0.354 e. The Morgan fingerprint density at radius 1 is 0.974 bits per heavy atom. The van der Waals surface area contributed by atoms with E-state index in [1.54, 1.807) is 43.3 Å². The molecule has 0 unspecified atom stereocenters. The van der Waals surface area contributed by atoms with Crippen LogP contribution in [0.5, 0.6) is 0 Å². The van der Waals surface area contributed by atoms with E-state index in [4.69, 9.17) is 0 Å². The van der Waals surface area contributed by atoms with Gasteiger partial charge in [0, 0.05) is 17.6 Å². The number of sulfonamides is 1. The number of hydrogen-bond acceptors (Lipinski definition) is 4. The summed E-state index contributed by atoms with van der Waals surface area (Å²) in [7, 11) is -4.06. The molecule has 1 N–H and O–H groups in total. The van der Waals surface area contributed by atoms with Crippen LogP contribution < -0.4 is 9.62 Å². The van der Waals surface area contributed by atoms with Crippen LogP contribution in [0.1, 0.15) is 37.8 Å². The molecule has 0 bridgehead atoms. The van der Waals surface area contributed by atoms with Crippen molar-refractivity contribution in [2.75, 3.05) is 17.4 Å². The standard InChI is InChI=1S/C29H34BrN3O4S/c1-4-5-17-31-29(35)23(3)32(20-24-12-10-13-25(30)19-24)28(34)21-33(26-14-9-11-22(2)18-26)38(36,37)27-15-7-6-8-16-27/h6-16,18-19,23H,4-5,17,20-21H2,1-3H3,(H,31,35)/t23-/m1/s1. The number of aryl methyl sites for hydroxylation is 1. The summed E-state index contributed by atoms with van der Waals surface area (Å²) in [5.74, 6) is -0.765. The fourth-order valence-corrected chi connectivity index (χ4v) is 5.86. The molecule has 0 fully saturated rings. The third kappa shape index (κ3) is 7.68. The van der Waals surface area contributed by atoms with E-state index in [9.17, 15) is 18.0 Å². The number of benzene rings is 3. The van der Waals surface area contributed by atoms with E-state index < -0.39 is 28.5 Å². The highest BCUT2D eigenvalue weighted by molar-refractivity contribution is 9.10. The molecule has 202 valence electrons. The quantitative estimate of drug-likeness (QED) is 0.287. The number of unbranched alkanes of at least 4 members (excludes halogenated alkanes) is 1. The maximum Gasteiger partial charge on any atom is 0.264 e. The molecule has 3 rings (SSSR count). The minimum atomic E-state index is -4.06. The monoisotopic (exact) mass is 599 g/mol. The van der Waals surface area contributed by atoms with Gasteiger partial charge in [0.2, 0.25) is 11.8 Å². The summed E-state index contributed by atoms with van der Waals surface area (Å²) in [5.41, 5.74) is 2.05. The Balaban J connectivity index is 1.99. The molecule has 2 amide bonds. The number of nitrogens with one attached hydrogen (secondary N) is 1. The SMILES string of the molecule is CCCCNC(=O)[C@@H](C)N(Cc1cccc(Br)c1)C(=O)CN(c1cccc(C)c1)S(=O)(=O)c1ccccc1. The number of amides is 2. The molecule has 0 spiro atoms. The highest BCUT2D eigenvalue weighted by atomic mass is 79.9. The van der Waals surface area contributed by atoms with Gasteiger partial charge < -0.3 is 10.2 Å². The molecule has 7 nitrogen and oxygen atoms in total. The Bertz CT molecular complexity index is 1350. The van der Waals surface area contributed by atoms with Crippen molar-refractivity contribution >= 4 is 43.5 Å². The summed E-state index contributed by atoms with van der Waals surface area (Å²) >= 11 is 3.46. The molecule has 0 radical (unpaired) electrons. The Morgan fingerprint density at radius 3 is 2.34 bits per heavy atom. The summed E-state index contributed by atoms with van der Waals surface area (Å²) < 4.78 is 29.5. The van der Waals surface area contributed by atoms with Crippen LogP contribution in [-0.2, 0) is 26.2 Å². The van der Waals surface area contributed by atoms with Gasteiger partial charge in [-0.1, -0.05) is 71.7 Å². The van der Waals surface area contributed by atoms with Gasteiger partial charge in [-0.15, -0.1) is 0 Å². The van der Waals surface area contributed by atoms with Crippen LogP contribution in [0.2, 0.25) is 0 Å². The van der Waals surface area contributed by atoms with Crippen LogP contribution in [0.3, 0.4) is 0 Å². The molecule has 38 heavy (non-hydrogen) atoms. The van der Waals surface area contributed by atoms with Gasteiger partial charge in [-0.25, -0.2) is 8.42 Å². The zero-order valence-electron chi connectivity index (χ0n) is 21.9. The average molecular weight is 601 g/mol. The second kappa shape index (κ2) is 13.6. The smallest absolute Gasteiger partial charge is 0.264 e. The fraction of sp³-hybridized carbons (Fsp3) is 0.310. The van der Waals surface area contributed by atoms with Gasteiger partial charge >= 0.3 is 0 Å². The number of carbonyl (C=O) groups excluding carboxylic acids is 2. The van der Waals surface area contributed by atoms with Crippen molar-refractivity contribution in [3.05, 3.63) is 94.5 Å². The lowest BCUT2D eigenvalue weighted by Crippen LogP contribution is -2.51. The van der Waals surface area contributed by atoms with Gasteiger partial charge in [0.15, 0.2) is 0 Å². The van der Waals surface area contributed by atoms with E-state index in [-0.39, 0.29) is 17.3 Å². The number of rotatable bonds is 12. The van der Waals surface area contributed by atoms with Gasteiger partial charge in [-0.3, -0.25) is 13.9 Å². The Labute approximate surface area is 234 Å². The lowest BCUT2D eigenvalue weighted by atomic mass is 10.1. The molecule has 0 saturated heterocycles. The molecule has 1 atom stereocenters. The summed E-state index contributed by atoms with van der Waals surface area (Å²) in [6.45, 7) is 5.76. The highest BCUT2D eigenvalue weighted by Crippen LogP contribution is 2.25. The first-order valence-corrected chi connectivity index (χ1v) is 14.8. The molecule has 0 heterocycles. The maximum absolute atomic E-state index is 13.9. The number of nitrogens with zero attached hydrogens (tertiary/aromatic N) is 2. The third-order valence-electron chi connectivity index (χ3n) is 6.14. The van der Waals surface area contributed by atoms with Crippen LogP contribution in [0, 0.1) is 6.92 Å². The highest BCUT2D eigenvalue weighted by Gasteiger charge is 2.32. The normalized spacial score (nSPS) is 12.0. The molecule has 0 aliphatic carbocycles. The van der Waals surface area contributed by atoms with Crippen molar-refractivity contribution in [2.24, 2.45) is 0 Å². The van der Waals surface area contributed by atoms with E-state index in [0.717, 1.165) is 32.7 Å². The van der Waals surface area contributed by atoms with Crippen LogP contribution >= 0.6 is 15.9 Å². The van der Waals surface area contributed by atoms with E-state index in [2.05, 4.69) is 21.2 Å². The largest absolute Gasteiger partial charge is 0.354 e. The minimum absolute atomic E-state index is 0.0817. The van der Waals surface area contributed by atoms with Crippen LogP contribution in [0.25, 0.3) is 0 Å². The van der Waals surface area contributed by atoms with E-state index in [1.165, 1.54) is 17.0 Å². The predicted octanol–water partition coefficient (Wildman–Crippen LogP) is 5.29. The van der Waals surface area contributed by atoms with Crippen molar-refractivity contribution in [1.29, 1.82) is 0 Å². The summed E-state index contributed by atoms with van der Waals surface area (Å²) in [6, 6.07) is 21.7. The molecular weight excluding hydrogens is 566 g/mol. The van der Waals surface area contributed by atoms with E-state index >= 15 is 0 Å². The van der Waals surface area contributed by atoms with Gasteiger partial charge in [0.25, 0.3) is 10.0 Å². The first kappa shape index (κ1) is 29.4. The molecule has 0 aliphatic heterocycles. The summed E-state index contributed by atoms with van der Waals surface area (Å²) in [4.78, 5) is 28.4. The van der Waals surface area contributed by atoms with Crippen molar-refractivity contribution in [3.8, 4) is 0 Å². The lowest BCUT2D eigenvalue weighted by molar-refractivity contribution is -0.139. The lowest BCUT2D eigenvalue weighted by Gasteiger charge is -2.32. The summed E-state index contributed by atoms with van der Waals surface area (Å²) in [5, 5.41) is 2.89. The Hall–Kier alpha value is -3.17. The molecule has 9 heteroatoms. The predicted molar refractivity (Wildman–Crippen MR) is 154 cm³/mol. The zero-order valence-corrected chi connectivity index (χ0v) is 24.3. The first-order chi connectivity index (χ1) is 18.1. The third-order valence-corrected chi connectivity index (χ3v) is 8.42. The number of halogens is 1. The fourth-order valence-electron chi connectivity index (χ4n) is 3.98. The van der Waals surface area contributed by atoms with Gasteiger partial charge in [0.1, 0.15) is 12.6 Å². The second-order valence-electron chi connectivity index (χ2n) is 9.14. The zero-order chi connectivity index (χ0) is 27.7. The van der Waals surface area contributed by atoms with Crippen molar-refractivity contribution in [3.63, 3.8) is 0 Å². The number of anilines is 1. The Kier molecular flexibility index (Phi) is 10.5. The molecule has 0 aromatic heterocycles. The number of carbonyl (C=O) groups is 2. The van der Waals surface area contributed by atoms with E-state index in [0.29, 0.717) is 12.2 Å². The topological polar surface area (TPSA) is 86.8 Å². The van der Waals surface area contributed by atoms with Crippen LogP contribution in [-0.4, -0.2) is 44.3 Å². The molecule has 0 aliphatic rings. The maximum atomic E-state index is 13.9. The molecular formula is C29H34BrN3O4S. The van der Waals surface area contributed by atoms with E-state index in [1.807, 2.05) is 44.2 Å². The molecule has 3 aromatic rings. The second-order valence-corrected chi connectivity index (χ2v) is 11.9. The summed E-state index contributed by atoms with van der Waals surface area (Å²) in [6.07, 6.45) is 1.76. The average Bonchev–Trinajstić information content (AvgIpc) is 2.90. The van der Waals surface area contributed by atoms with Crippen LogP contribution in [0.4, 0.5) is 5.69 Å². The first-order valence-electron chi connectivity index (χ1n) is 12.6. The molecule has 3 aromatic carbocycles. The van der Waals surface area contributed by atoms with Gasteiger partial charge in [-0.2, -0.15) is 0 Å². The van der Waals surface area contributed by atoms with Crippen LogP contribution in [0.15, 0.2) is 88.2 Å². The van der Waals surface area contributed by atoms with Gasteiger partial charge in [0.05, 0.1) is 10.6 Å². The number of hydrogen-bond donors (Lipinski definition) is 1. The molecule has 0 saturated carbocycles. The van der Waals surface area contributed by atoms with Gasteiger partial charge in [-0.05, 0) is 67.8 Å². The van der Waals surface area contributed by atoms with Crippen molar-refractivity contribution in [1.82, 2.24) is 10.2 Å². The Morgan fingerprint density at radius 2 is 1.68 bits per heavy atom. The van der Waals surface area contributed by atoms with Crippen molar-refractivity contribution in [2.45, 2.75) is 51.1 Å².